The Hall–Kier alpha value is -3.29. The predicted octanol–water partition coefficient (Wildman–Crippen LogP) is 5.30. The average molecular weight is 416 g/mol. The van der Waals surface area contributed by atoms with E-state index < -0.39 is 29.1 Å². The molecule has 2 aromatic carbocycles. The third-order valence-corrected chi connectivity index (χ3v) is 5.54. The first-order valence-corrected chi connectivity index (χ1v) is 9.17. The van der Waals surface area contributed by atoms with Crippen molar-refractivity contribution in [3.63, 3.8) is 0 Å². The lowest BCUT2D eigenvalue weighted by Crippen LogP contribution is -2.32. The van der Waals surface area contributed by atoms with E-state index in [1.807, 2.05) is 0 Å². The molecule has 1 aliphatic rings. The molecule has 30 heavy (non-hydrogen) atoms. The average Bonchev–Trinajstić information content (AvgIpc) is 3.15. The molecule has 4 nitrogen and oxygen atoms in total. The van der Waals surface area contributed by atoms with Gasteiger partial charge in [-0.3, -0.25) is 9.78 Å². The lowest BCUT2D eigenvalue weighted by molar-refractivity contribution is -0.142. The Morgan fingerprint density at radius 3 is 2.63 bits per heavy atom. The van der Waals surface area contributed by atoms with Gasteiger partial charge in [0.2, 0.25) is 0 Å². The smallest absolute Gasteiger partial charge is 0.434 e. The van der Waals surface area contributed by atoms with Gasteiger partial charge in [0.05, 0.1) is 17.2 Å². The van der Waals surface area contributed by atoms with E-state index in [0.29, 0.717) is 29.3 Å². The number of rotatable bonds is 3. The van der Waals surface area contributed by atoms with Crippen molar-refractivity contribution in [2.24, 2.45) is 0 Å². The van der Waals surface area contributed by atoms with Crippen LogP contribution < -0.4 is 0 Å². The van der Waals surface area contributed by atoms with Gasteiger partial charge in [0, 0.05) is 0 Å². The minimum absolute atomic E-state index is 0.0950. The number of benzene rings is 2. The molecule has 1 aromatic heterocycles. The van der Waals surface area contributed by atoms with Crippen molar-refractivity contribution in [1.82, 2.24) is 9.97 Å². The van der Waals surface area contributed by atoms with Gasteiger partial charge < -0.3 is 5.11 Å². The van der Waals surface area contributed by atoms with Crippen LogP contribution >= 0.6 is 0 Å². The van der Waals surface area contributed by atoms with E-state index in [1.165, 1.54) is 18.2 Å². The highest BCUT2D eigenvalue weighted by molar-refractivity contribution is 5.91. The summed E-state index contributed by atoms with van der Waals surface area (Å²) in [6.07, 6.45) is -1.64. The maximum atomic E-state index is 14.1. The molecule has 0 radical (unpaired) electrons. The summed E-state index contributed by atoms with van der Waals surface area (Å²) in [4.78, 5) is 19.7. The number of hydrogen-bond donors (Lipinski definition) is 1. The summed E-state index contributed by atoms with van der Waals surface area (Å²) >= 11 is 0. The van der Waals surface area contributed by atoms with Crippen LogP contribution in [0.25, 0.3) is 16.6 Å². The second-order valence-corrected chi connectivity index (χ2v) is 7.31. The largest absolute Gasteiger partial charge is 0.480 e. The Bertz CT molecular complexity index is 1200. The van der Waals surface area contributed by atoms with E-state index in [0.717, 1.165) is 0 Å². The Balaban J connectivity index is 1.79. The first kappa shape index (κ1) is 20.0. The van der Waals surface area contributed by atoms with E-state index >= 15 is 0 Å². The van der Waals surface area contributed by atoms with E-state index in [4.69, 9.17) is 0 Å². The normalized spacial score (nSPS) is 19.2. The standard InChI is InChI=1S/C22H16F4N2O2/c1-12-15(3-2-4-16(12)23)21(20(29)30)8-7-14(10-21)13-5-6-17-18(9-13)27-11-19(28-17)22(24,25)26/h2-6,9-11H,7-8H2,1H3,(H,29,30). The number of alkyl halides is 3. The highest BCUT2D eigenvalue weighted by Gasteiger charge is 2.43. The predicted molar refractivity (Wildman–Crippen MR) is 102 cm³/mol. The van der Waals surface area contributed by atoms with Crippen LogP contribution in [0.15, 0.2) is 48.7 Å². The van der Waals surface area contributed by atoms with Crippen molar-refractivity contribution in [3.8, 4) is 0 Å². The van der Waals surface area contributed by atoms with Gasteiger partial charge in [0.1, 0.15) is 11.2 Å². The number of carboxylic acid groups (broad SMARTS) is 1. The quantitative estimate of drug-likeness (QED) is 0.589. The van der Waals surface area contributed by atoms with E-state index in [9.17, 15) is 27.5 Å². The molecule has 1 atom stereocenters. The fraction of sp³-hybridized carbons (Fsp3) is 0.227. The van der Waals surface area contributed by atoms with Crippen molar-refractivity contribution >= 4 is 22.6 Å². The van der Waals surface area contributed by atoms with Gasteiger partial charge in [-0.25, -0.2) is 9.37 Å². The lowest BCUT2D eigenvalue weighted by atomic mass is 9.78. The summed E-state index contributed by atoms with van der Waals surface area (Å²) in [5.74, 6) is -1.56. The zero-order valence-corrected chi connectivity index (χ0v) is 15.8. The number of nitrogens with zero attached hydrogens (tertiary/aromatic N) is 2. The molecule has 1 aliphatic carbocycles. The Morgan fingerprint density at radius 1 is 1.17 bits per heavy atom. The summed E-state index contributed by atoms with van der Waals surface area (Å²) in [5.41, 5.74) is -0.0502. The monoisotopic (exact) mass is 416 g/mol. The highest BCUT2D eigenvalue weighted by atomic mass is 19.4. The van der Waals surface area contributed by atoms with Crippen LogP contribution in [0.2, 0.25) is 0 Å². The Kier molecular flexibility index (Phi) is 4.60. The van der Waals surface area contributed by atoms with E-state index in [2.05, 4.69) is 9.97 Å². The van der Waals surface area contributed by atoms with Crippen LogP contribution in [0.5, 0.6) is 0 Å². The number of aromatic nitrogens is 2. The fourth-order valence-electron chi connectivity index (χ4n) is 3.94. The van der Waals surface area contributed by atoms with Crippen LogP contribution in [0.1, 0.15) is 35.2 Å². The number of halogens is 4. The van der Waals surface area contributed by atoms with Gasteiger partial charge in [-0.15, -0.1) is 0 Å². The molecule has 1 unspecified atom stereocenters. The van der Waals surface area contributed by atoms with Crippen molar-refractivity contribution in [3.05, 3.63) is 76.9 Å². The fourth-order valence-corrected chi connectivity index (χ4v) is 3.94. The molecule has 0 spiro atoms. The molecule has 8 heteroatoms. The highest BCUT2D eigenvalue weighted by Crippen LogP contribution is 2.44. The Labute approximate surface area is 168 Å². The number of carbonyl (C=O) groups is 1. The lowest BCUT2D eigenvalue weighted by Gasteiger charge is -2.24. The van der Waals surface area contributed by atoms with E-state index in [1.54, 1.807) is 31.2 Å². The maximum Gasteiger partial charge on any atom is 0.434 e. The van der Waals surface area contributed by atoms with E-state index in [-0.39, 0.29) is 23.0 Å². The SMILES string of the molecule is Cc1c(F)cccc1C1(C(=O)O)C=C(c2ccc3nc(C(F)(F)F)cnc3c2)CC1. The van der Waals surface area contributed by atoms with Gasteiger partial charge in [-0.1, -0.05) is 24.3 Å². The topological polar surface area (TPSA) is 63.1 Å². The molecule has 0 amide bonds. The van der Waals surface area contributed by atoms with Crippen molar-refractivity contribution in [2.75, 3.05) is 0 Å². The third-order valence-electron chi connectivity index (χ3n) is 5.54. The molecule has 3 aromatic rings. The molecule has 1 heterocycles. The molecule has 0 saturated heterocycles. The van der Waals surface area contributed by atoms with Gasteiger partial charge in [-0.2, -0.15) is 13.2 Å². The summed E-state index contributed by atoms with van der Waals surface area (Å²) in [6.45, 7) is 1.55. The second-order valence-electron chi connectivity index (χ2n) is 7.31. The van der Waals surface area contributed by atoms with Crippen molar-refractivity contribution in [1.29, 1.82) is 0 Å². The Morgan fingerprint density at radius 2 is 1.93 bits per heavy atom. The third kappa shape index (κ3) is 3.22. The summed E-state index contributed by atoms with van der Waals surface area (Å²) in [6, 6.07) is 8.99. The number of hydrogen-bond acceptors (Lipinski definition) is 3. The first-order chi connectivity index (χ1) is 14.1. The second kappa shape index (κ2) is 6.90. The van der Waals surface area contributed by atoms with Gasteiger partial charge in [-0.05, 0) is 60.2 Å². The zero-order valence-electron chi connectivity index (χ0n) is 15.8. The van der Waals surface area contributed by atoms with Crippen LogP contribution in [0, 0.1) is 12.7 Å². The summed E-state index contributed by atoms with van der Waals surface area (Å²) < 4.78 is 52.6. The molecule has 0 aliphatic heterocycles. The van der Waals surface area contributed by atoms with Crippen LogP contribution in [0.4, 0.5) is 17.6 Å². The van der Waals surface area contributed by atoms with Gasteiger partial charge in [0.15, 0.2) is 5.69 Å². The van der Waals surface area contributed by atoms with Gasteiger partial charge >= 0.3 is 12.1 Å². The van der Waals surface area contributed by atoms with Gasteiger partial charge in [0.25, 0.3) is 0 Å². The molecule has 1 N–H and O–H groups in total. The molecular formula is C22H16F4N2O2. The molecular weight excluding hydrogens is 400 g/mol. The van der Waals surface area contributed by atoms with Crippen LogP contribution in [-0.4, -0.2) is 21.0 Å². The summed E-state index contributed by atoms with van der Waals surface area (Å²) in [5, 5.41) is 9.98. The zero-order chi connectivity index (χ0) is 21.7. The number of carboxylic acids is 1. The van der Waals surface area contributed by atoms with Crippen molar-refractivity contribution in [2.45, 2.75) is 31.4 Å². The number of fused-ring (bicyclic) bond motifs is 1. The molecule has 0 bridgehead atoms. The van der Waals surface area contributed by atoms with Crippen LogP contribution in [-0.2, 0) is 16.4 Å². The minimum atomic E-state index is -4.59. The molecule has 154 valence electrons. The van der Waals surface area contributed by atoms with Crippen molar-refractivity contribution < 1.29 is 27.5 Å². The first-order valence-electron chi connectivity index (χ1n) is 9.17. The molecule has 0 fully saturated rings. The number of allylic oxidation sites excluding steroid dienone is 1. The van der Waals surface area contributed by atoms with Crippen LogP contribution in [0.3, 0.4) is 0 Å². The maximum absolute atomic E-state index is 14.1. The minimum Gasteiger partial charge on any atom is -0.480 e. The molecule has 4 rings (SSSR count). The summed E-state index contributed by atoms with van der Waals surface area (Å²) in [7, 11) is 0. The number of aliphatic carboxylic acids is 1. The molecule has 0 saturated carbocycles.